The predicted molar refractivity (Wildman–Crippen MR) is 58.5 cm³/mol. The van der Waals surface area contributed by atoms with Crippen LogP contribution in [-0.4, -0.2) is 29.4 Å². The molecule has 0 radical (unpaired) electrons. The first-order valence-electron chi connectivity index (χ1n) is 4.24. The van der Waals surface area contributed by atoms with E-state index in [9.17, 15) is 8.42 Å². The van der Waals surface area contributed by atoms with Crippen LogP contribution in [-0.2, 0) is 13.8 Å². The number of halogens is 1. The highest BCUT2D eigenvalue weighted by Gasteiger charge is 2.20. The van der Waals surface area contributed by atoms with E-state index in [0.717, 1.165) is 0 Å². The summed E-state index contributed by atoms with van der Waals surface area (Å²) in [6.07, 6.45) is 0. The maximum Gasteiger partial charge on any atom is 0.265 e. The van der Waals surface area contributed by atoms with Gasteiger partial charge in [-0.25, -0.2) is 8.42 Å². The van der Waals surface area contributed by atoms with Crippen molar-refractivity contribution in [3.8, 4) is 11.5 Å². The fraction of sp³-hybridized carbons (Fsp3) is 0.333. The van der Waals surface area contributed by atoms with Crippen LogP contribution in [0.1, 0.15) is 0 Å². The van der Waals surface area contributed by atoms with Gasteiger partial charge < -0.3 is 14.2 Å². The van der Waals surface area contributed by atoms with Gasteiger partial charge in [-0.2, -0.15) is 0 Å². The molecule has 7 heteroatoms. The highest BCUT2D eigenvalue weighted by molar-refractivity contribution is 8.13. The molecule has 0 aliphatic heterocycles. The van der Waals surface area contributed by atoms with Crippen molar-refractivity contribution >= 4 is 19.7 Å². The number of hydrogen-bond donors (Lipinski definition) is 0. The van der Waals surface area contributed by atoms with Crippen LogP contribution in [0.2, 0.25) is 0 Å². The van der Waals surface area contributed by atoms with E-state index in [1.165, 1.54) is 26.4 Å². The summed E-state index contributed by atoms with van der Waals surface area (Å²) in [4.78, 5) is -0.148. The molecule has 0 N–H and O–H groups in total. The Morgan fingerprint density at radius 3 is 2.50 bits per heavy atom. The maximum atomic E-state index is 11.3. The van der Waals surface area contributed by atoms with Gasteiger partial charge in [0.15, 0.2) is 18.3 Å². The molecule has 1 rings (SSSR count). The standard InChI is InChI=1S/C9H11ClO5S/c1-13-6-15-9-7(14-2)4-3-5-8(9)16(10,11)12/h3-5H,6H2,1-2H3. The first-order chi connectivity index (χ1) is 7.50. The Bertz CT molecular complexity index is 457. The quantitative estimate of drug-likeness (QED) is 0.598. The summed E-state index contributed by atoms with van der Waals surface area (Å²) in [6, 6.07) is 4.40. The van der Waals surface area contributed by atoms with Gasteiger partial charge in [-0.15, -0.1) is 0 Å². The van der Waals surface area contributed by atoms with Gasteiger partial charge in [-0.1, -0.05) is 6.07 Å². The summed E-state index contributed by atoms with van der Waals surface area (Å²) in [7, 11) is 4.21. The Labute approximate surface area is 98.3 Å². The van der Waals surface area contributed by atoms with E-state index in [0.29, 0.717) is 0 Å². The molecule has 0 saturated heterocycles. The Kier molecular flexibility index (Phi) is 4.40. The highest BCUT2D eigenvalue weighted by atomic mass is 35.7. The molecule has 0 aliphatic carbocycles. The van der Waals surface area contributed by atoms with Crippen molar-refractivity contribution in [1.29, 1.82) is 0 Å². The largest absolute Gasteiger partial charge is 0.493 e. The van der Waals surface area contributed by atoms with E-state index in [-0.39, 0.29) is 23.2 Å². The second-order valence-corrected chi connectivity index (χ2v) is 5.31. The number of ether oxygens (including phenoxy) is 3. The molecule has 0 unspecified atom stereocenters. The minimum Gasteiger partial charge on any atom is -0.493 e. The summed E-state index contributed by atoms with van der Waals surface area (Å²) < 4.78 is 37.3. The summed E-state index contributed by atoms with van der Waals surface area (Å²) in [5, 5.41) is 0. The van der Waals surface area contributed by atoms with Crippen molar-refractivity contribution in [3.63, 3.8) is 0 Å². The van der Waals surface area contributed by atoms with Crippen molar-refractivity contribution in [2.75, 3.05) is 21.0 Å². The van der Waals surface area contributed by atoms with Gasteiger partial charge in [0.05, 0.1) is 7.11 Å². The van der Waals surface area contributed by atoms with E-state index in [1.807, 2.05) is 0 Å². The Hall–Kier alpha value is -0.980. The van der Waals surface area contributed by atoms with Crippen molar-refractivity contribution in [2.45, 2.75) is 4.90 Å². The van der Waals surface area contributed by atoms with Crippen LogP contribution >= 0.6 is 10.7 Å². The normalized spacial score (nSPS) is 11.2. The van der Waals surface area contributed by atoms with Crippen LogP contribution in [0.3, 0.4) is 0 Å². The zero-order valence-electron chi connectivity index (χ0n) is 8.77. The first-order valence-corrected chi connectivity index (χ1v) is 6.55. The Balaban J connectivity index is 3.26. The van der Waals surface area contributed by atoms with Crippen LogP contribution in [0.25, 0.3) is 0 Å². The second-order valence-electron chi connectivity index (χ2n) is 2.78. The average molecular weight is 267 g/mol. The minimum absolute atomic E-state index is 0.0434. The van der Waals surface area contributed by atoms with Gasteiger partial charge in [0.1, 0.15) is 4.90 Å². The lowest BCUT2D eigenvalue weighted by Crippen LogP contribution is -2.05. The number of para-hydroxylation sites is 1. The summed E-state index contributed by atoms with van der Waals surface area (Å²) >= 11 is 0. The van der Waals surface area contributed by atoms with Gasteiger partial charge in [-0.05, 0) is 12.1 Å². The van der Waals surface area contributed by atoms with Crippen LogP contribution in [0.5, 0.6) is 11.5 Å². The minimum atomic E-state index is -3.88. The van der Waals surface area contributed by atoms with Crippen LogP contribution in [0.15, 0.2) is 23.1 Å². The number of hydrogen-bond acceptors (Lipinski definition) is 5. The number of benzene rings is 1. The molecule has 0 saturated carbocycles. The van der Waals surface area contributed by atoms with Crippen LogP contribution < -0.4 is 9.47 Å². The molecule has 16 heavy (non-hydrogen) atoms. The molecular weight excluding hydrogens is 256 g/mol. The van der Waals surface area contributed by atoms with Gasteiger partial charge in [0.2, 0.25) is 0 Å². The second kappa shape index (κ2) is 5.38. The topological polar surface area (TPSA) is 61.8 Å². The summed E-state index contributed by atoms with van der Waals surface area (Å²) in [5.41, 5.74) is 0. The molecule has 0 fully saturated rings. The Morgan fingerprint density at radius 2 is 2.00 bits per heavy atom. The SMILES string of the molecule is COCOc1c(OC)cccc1S(=O)(=O)Cl. The fourth-order valence-corrected chi connectivity index (χ4v) is 2.10. The third-order valence-corrected chi connectivity index (χ3v) is 3.09. The molecular formula is C9H11ClO5S. The average Bonchev–Trinajstić information content (AvgIpc) is 2.24. The number of rotatable bonds is 5. The van der Waals surface area contributed by atoms with Gasteiger partial charge >= 0.3 is 0 Å². The van der Waals surface area contributed by atoms with Crippen LogP contribution in [0.4, 0.5) is 0 Å². The lowest BCUT2D eigenvalue weighted by Gasteiger charge is -2.12. The monoisotopic (exact) mass is 266 g/mol. The molecule has 0 spiro atoms. The van der Waals surface area contributed by atoms with Crippen molar-refractivity contribution in [2.24, 2.45) is 0 Å². The molecule has 0 aliphatic rings. The lowest BCUT2D eigenvalue weighted by atomic mass is 10.3. The number of methoxy groups -OCH3 is 2. The third kappa shape index (κ3) is 3.01. The van der Waals surface area contributed by atoms with Crippen molar-refractivity contribution in [3.05, 3.63) is 18.2 Å². The first kappa shape index (κ1) is 13.1. The van der Waals surface area contributed by atoms with E-state index in [2.05, 4.69) is 0 Å². The molecule has 5 nitrogen and oxygen atoms in total. The van der Waals surface area contributed by atoms with Crippen LogP contribution in [0, 0.1) is 0 Å². The Morgan fingerprint density at radius 1 is 1.31 bits per heavy atom. The predicted octanol–water partition coefficient (Wildman–Crippen LogP) is 1.61. The molecule has 0 bridgehead atoms. The van der Waals surface area contributed by atoms with Gasteiger partial charge in [0, 0.05) is 17.8 Å². The summed E-state index contributed by atoms with van der Waals surface area (Å²) in [6.45, 7) is -0.0974. The molecule has 90 valence electrons. The molecule has 0 aromatic heterocycles. The zero-order valence-corrected chi connectivity index (χ0v) is 10.3. The molecule has 0 heterocycles. The van der Waals surface area contributed by atoms with Gasteiger partial charge in [0.25, 0.3) is 9.05 Å². The molecule has 1 aromatic carbocycles. The lowest BCUT2D eigenvalue weighted by molar-refractivity contribution is 0.0470. The van der Waals surface area contributed by atoms with E-state index in [4.69, 9.17) is 24.9 Å². The molecule has 0 amide bonds. The van der Waals surface area contributed by atoms with Gasteiger partial charge in [-0.3, -0.25) is 0 Å². The fourth-order valence-electron chi connectivity index (χ4n) is 1.11. The van der Waals surface area contributed by atoms with E-state index >= 15 is 0 Å². The summed E-state index contributed by atoms with van der Waals surface area (Å²) in [5.74, 6) is 0.320. The third-order valence-electron chi connectivity index (χ3n) is 1.75. The van der Waals surface area contributed by atoms with E-state index < -0.39 is 9.05 Å². The molecule has 1 aromatic rings. The molecule has 0 atom stereocenters. The highest BCUT2D eigenvalue weighted by Crippen LogP contribution is 2.35. The maximum absolute atomic E-state index is 11.3. The zero-order chi connectivity index (χ0) is 12.2. The smallest absolute Gasteiger partial charge is 0.265 e. The van der Waals surface area contributed by atoms with Crippen molar-refractivity contribution in [1.82, 2.24) is 0 Å². The van der Waals surface area contributed by atoms with E-state index in [1.54, 1.807) is 6.07 Å². The van der Waals surface area contributed by atoms with Crippen molar-refractivity contribution < 1.29 is 22.6 Å².